The van der Waals surface area contributed by atoms with Crippen LogP contribution < -0.4 is 10.1 Å². The molecule has 0 saturated carbocycles. The Morgan fingerprint density at radius 2 is 1.96 bits per heavy atom. The lowest BCUT2D eigenvalue weighted by Crippen LogP contribution is -2.36. The van der Waals surface area contributed by atoms with Crippen LogP contribution in [0.2, 0.25) is 4.34 Å². The molecule has 3 rings (SSSR count). The summed E-state index contributed by atoms with van der Waals surface area (Å²) in [5.74, 6) is -0.251. The molecule has 27 heavy (non-hydrogen) atoms. The van der Waals surface area contributed by atoms with Gasteiger partial charge in [-0.15, -0.1) is 11.3 Å². The number of imide groups is 1. The minimum atomic E-state index is -0.489. The van der Waals surface area contributed by atoms with Gasteiger partial charge in [-0.25, -0.2) is 0 Å². The van der Waals surface area contributed by atoms with Gasteiger partial charge in [0.15, 0.2) is 0 Å². The van der Waals surface area contributed by atoms with Crippen molar-refractivity contribution in [3.63, 3.8) is 0 Å². The Balaban J connectivity index is 1.62. The van der Waals surface area contributed by atoms with E-state index in [1.807, 2.05) is 6.92 Å². The van der Waals surface area contributed by atoms with Crippen molar-refractivity contribution in [1.82, 2.24) is 4.90 Å². The number of benzene rings is 1. The van der Waals surface area contributed by atoms with Gasteiger partial charge in [0, 0.05) is 10.6 Å². The Morgan fingerprint density at radius 1 is 1.22 bits per heavy atom. The van der Waals surface area contributed by atoms with E-state index in [2.05, 4.69) is 5.32 Å². The topological polar surface area (TPSA) is 75.7 Å². The van der Waals surface area contributed by atoms with Crippen LogP contribution in [0.1, 0.15) is 11.8 Å². The van der Waals surface area contributed by atoms with Gasteiger partial charge in [-0.3, -0.25) is 19.3 Å². The number of nitrogens with zero attached hydrogens (tertiary/aromatic N) is 1. The van der Waals surface area contributed by atoms with Crippen LogP contribution in [-0.4, -0.2) is 35.1 Å². The number of amides is 3. The van der Waals surface area contributed by atoms with E-state index in [0.717, 1.165) is 21.5 Å². The van der Waals surface area contributed by atoms with Crippen molar-refractivity contribution in [3.8, 4) is 5.75 Å². The monoisotopic (exact) mass is 422 g/mol. The Labute approximate surface area is 169 Å². The van der Waals surface area contributed by atoms with Crippen LogP contribution in [0.25, 0.3) is 6.08 Å². The van der Waals surface area contributed by atoms with E-state index in [0.29, 0.717) is 22.4 Å². The highest BCUT2D eigenvalue weighted by Gasteiger charge is 2.36. The summed E-state index contributed by atoms with van der Waals surface area (Å²) in [6, 6.07) is 10.3. The second-order valence-electron chi connectivity index (χ2n) is 5.42. The van der Waals surface area contributed by atoms with Crippen molar-refractivity contribution < 1.29 is 19.1 Å². The van der Waals surface area contributed by atoms with E-state index in [-0.39, 0.29) is 11.4 Å². The molecule has 140 valence electrons. The largest absolute Gasteiger partial charge is 0.494 e. The van der Waals surface area contributed by atoms with E-state index in [4.69, 9.17) is 16.3 Å². The Bertz CT molecular complexity index is 908. The van der Waals surface area contributed by atoms with Gasteiger partial charge >= 0.3 is 0 Å². The number of thiophene rings is 1. The Hall–Kier alpha value is -2.29. The number of rotatable bonds is 6. The first kappa shape index (κ1) is 19.5. The summed E-state index contributed by atoms with van der Waals surface area (Å²) in [6.45, 7) is 2.09. The highest BCUT2D eigenvalue weighted by Crippen LogP contribution is 2.34. The molecule has 1 saturated heterocycles. The summed E-state index contributed by atoms with van der Waals surface area (Å²) >= 11 is 7.98. The minimum absolute atomic E-state index is 0.271. The smallest absolute Gasteiger partial charge is 0.294 e. The summed E-state index contributed by atoms with van der Waals surface area (Å²) in [6.07, 6.45) is 1.60. The molecular formula is C18H15ClN2O4S2. The fraction of sp³-hybridized carbons (Fsp3) is 0.167. The van der Waals surface area contributed by atoms with E-state index in [1.165, 1.54) is 11.3 Å². The fourth-order valence-corrected chi connectivity index (χ4v) is 4.22. The molecule has 6 nitrogen and oxygen atoms in total. The van der Waals surface area contributed by atoms with Crippen molar-refractivity contribution in [2.24, 2.45) is 0 Å². The SMILES string of the molecule is CCOc1ccc(NC(=O)CN2C(=O)S/C(=C/c3ccc(Cl)s3)C2=O)cc1. The van der Waals surface area contributed by atoms with E-state index in [1.54, 1.807) is 42.5 Å². The number of ether oxygens (including phenoxy) is 1. The van der Waals surface area contributed by atoms with E-state index < -0.39 is 17.1 Å². The maximum Gasteiger partial charge on any atom is 0.294 e. The van der Waals surface area contributed by atoms with Gasteiger partial charge < -0.3 is 10.1 Å². The lowest BCUT2D eigenvalue weighted by atomic mass is 10.3. The molecule has 0 radical (unpaired) electrons. The number of anilines is 1. The first-order valence-electron chi connectivity index (χ1n) is 7.99. The van der Waals surface area contributed by atoms with Crippen LogP contribution in [0, 0.1) is 0 Å². The molecule has 0 aliphatic carbocycles. The van der Waals surface area contributed by atoms with Gasteiger partial charge in [-0.05, 0) is 61.2 Å². The van der Waals surface area contributed by atoms with Crippen molar-refractivity contribution >= 4 is 63.5 Å². The molecule has 0 spiro atoms. The number of carbonyl (C=O) groups excluding carboxylic acids is 3. The van der Waals surface area contributed by atoms with E-state index >= 15 is 0 Å². The molecular weight excluding hydrogens is 408 g/mol. The van der Waals surface area contributed by atoms with Gasteiger partial charge in [0.1, 0.15) is 12.3 Å². The number of hydrogen-bond donors (Lipinski definition) is 1. The first-order chi connectivity index (χ1) is 13.0. The van der Waals surface area contributed by atoms with Crippen LogP contribution in [0.4, 0.5) is 10.5 Å². The normalized spacial score (nSPS) is 15.5. The van der Waals surface area contributed by atoms with Crippen molar-refractivity contribution in [2.75, 3.05) is 18.5 Å². The van der Waals surface area contributed by atoms with Gasteiger partial charge in [-0.1, -0.05) is 11.6 Å². The summed E-state index contributed by atoms with van der Waals surface area (Å²) < 4.78 is 5.93. The van der Waals surface area contributed by atoms with Gasteiger partial charge in [0.2, 0.25) is 5.91 Å². The lowest BCUT2D eigenvalue weighted by molar-refractivity contribution is -0.127. The number of halogens is 1. The molecule has 1 aromatic carbocycles. The average Bonchev–Trinajstić information content (AvgIpc) is 3.15. The quantitative estimate of drug-likeness (QED) is 0.695. The number of nitrogens with one attached hydrogen (secondary N) is 1. The zero-order chi connectivity index (χ0) is 19.4. The zero-order valence-electron chi connectivity index (χ0n) is 14.2. The summed E-state index contributed by atoms with van der Waals surface area (Å²) in [7, 11) is 0. The van der Waals surface area contributed by atoms with Gasteiger partial charge in [0.25, 0.3) is 11.1 Å². The van der Waals surface area contributed by atoms with Crippen molar-refractivity contribution in [3.05, 3.63) is 50.5 Å². The van der Waals surface area contributed by atoms with Crippen LogP contribution in [0.15, 0.2) is 41.3 Å². The Morgan fingerprint density at radius 3 is 2.59 bits per heavy atom. The predicted molar refractivity (Wildman–Crippen MR) is 108 cm³/mol. The first-order valence-corrected chi connectivity index (χ1v) is 10.0. The highest BCUT2D eigenvalue weighted by atomic mass is 35.5. The minimum Gasteiger partial charge on any atom is -0.494 e. The molecule has 1 aromatic heterocycles. The summed E-state index contributed by atoms with van der Waals surface area (Å²) in [5.41, 5.74) is 0.555. The third kappa shape index (κ3) is 4.91. The van der Waals surface area contributed by atoms with E-state index in [9.17, 15) is 14.4 Å². The fourth-order valence-electron chi connectivity index (χ4n) is 2.32. The predicted octanol–water partition coefficient (Wildman–Crippen LogP) is 4.48. The number of hydrogen-bond acceptors (Lipinski definition) is 6. The number of thioether (sulfide) groups is 1. The van der Waals surface area contributed by atoms with Crippen LogP contribution >= 0.6 is 34.7 Å². The molecule has 1 N–H and O–H groups in total. The molecule has 0 unspecified atom stereocenters. The molecule has 0 atom stereocenters. The summed E-state index contributed by atoms with van der Waals surface area (Å²) in [4.78, 5) is 38.7. The third-order valence-electron chi connectivity index (χ3n) is 3.49. The maximum atomic E-state index is 12.4. The van der Waals surface area contributed by atoms with Crippen LogP contribution in [0.3, 0.4) is 0 Å². The summed E-state index contributed by atoms with van der Waals surface area (Å²) in [5, 5.41) is 2.19. The maximum absolute atomic E-state index is 12.4. The molecule has 1 aliphatic rings. The standard InChI is InChI=1S/C18H15ClN2O4S2/c1-2-25-12-5-3-11(4-6-12)20-16(22)10-21-17(23)14(27-18(21)24)9-13-7-8-15(19)26-13/h3-9H,2,10H2,1H3,(H,20,22)/b14-9+. The second-order valence-corrected chi connectivity index (χ2v) is 8.16. The van der Waals surface area contributed by atoms with Crippen molar-refractivity contribution in [1.29, 1.82) is 0 Å². The molecule has 2 aromatic rings. The highest BCUT2D eigenvalue weighted by molar-refractivity contribution is 8.18. The van der Waals surface area contributed by atoms with Gasteiger partial charge in [0.05, 0.1) is 15.8 Å². The molecule has 3 amide bonds. The van der Waals surface area contributed by atoms with Crippen LogP contribution in [-0.2, 0) is 9.59 Å². The lowest BCUT2D eigenvalue weighted by Gasteiger charge is -2.12. The van der Waals surface area contributed by atoms with Gasteiger partial charge in [-0.2, -0.15) is 0 Å². The second kappa shape index (κ2) is 8.60. The molecule has 9 heteroatoms. The molecule has 1 fully saturated rings. The molecule has 2 heterocycles. The Kier molecular flexibility index (Phi) is 6.20. The zero-order valence-corrected chi connectivity index (χ0v) is 16.6. The molecule has 1 aliphatic heterocycles. The van der Waals surface area contributed by atoms with Crippen molar-refractivity contribution in [2.45, 2.75) is 6.92 Å². The third-order valence-corrected chi connectivity index (χ3v) is 5.58. The van der Waals surface area contributed by atoms with Crippen LogP contribution in [0.5, 0.6) is 5.75 Å². The molecule has 0 bridgehead atoms. The number of carbonyl (C=O) groups is 3. The average molecular weight is 423 g/mol.